The van der Waals surface area contributed by atoms with E-state index in [0.29, 0.717) is 69.9 Å². The van der Waals surface area contributed by atoms with Gasteiger partial charge in [-0.25, -0.2) is 0 Å². The summed E-state index contributed by atoms with van der Waals surface area (Å²) in [5.41, 5.74) is 2.62. The molecule has 0 saturated carbocycles. The molecule has 0 amide bonds. The van der Waals surface area contributed by atoms with Gasteiger partial charge in [-0.1, -0.05) is 0 Å². The molecule has 0 atom stereocenters. The number of ether oxygens (including phenoxy) is 2. The number of carbonyl (C=O) groups is 3. The molecular weight excluding hydrogens is 1060 g/mol. The monoisotopic (exact) mass is 1150 g/mol. The minimum atomic E-state index is 0.262. The summed E-state index contributed by atoms with van der Waals surface area (Å²) < 4.78 is 14.9. The predicted octanol–water partition coefficient (Wildman–Crippen LogP) is 9.91. The van der Waals surface area contributed by atoms with Crippen molar-refractivity contribution >= 4 is 75.6 Å². The van der Waals surface area contributed by atoms with Crippen molar-refractivity contribution in [1.82, 2.24) is 14.7 Å². The Morgan fingerprint density at radius 1 is 0.391 bits per heavy atom. The molecule has 3 heterocycles. The average molecular weight is 1150 g/mol. The van der Waals surface area contributed by atoms with Crippen LogP contribution in [0.3, 0.4) is 0 Å². The SMILES string of the molecule is CCCCCCC[Se]c1ccc(C(=O)CCN2CCOCC2)cc1.CCCCCC[Se]c1ccc(C(=O)CCN2CCOCC2)cc1.CCCCC[Se]c1ccc(C(=O)CCN2CCCCC2)cc1. The molecule has 0 spiro atoms. The third-order valence-electron chi connectivity index (χ3n) is 13.0. The van der Waals surface area contributed by atoms with E-state index in [0.717, 1.165) is 88.9 Å². The summed E-state index contributed by atoms with van der Waals surface area (Å²) in [6, 6.07) is 25.1. The molecule has 3 aliphatic heterocycles. The van der Waals surface area contributed by atoms with E-state index in [-0.39, 0.29) is 11.6 Å². The Morgan fingerprint density at radius 2 is 0.681 bits per heavy atom. The van der Waals surface area contributed by atoms with Gasteiger partial charge in [0.1, 0.15) is 0 Å². The molecule has 3 aromatic rings. The second-order valence-corrected chi connectivity index (χ2v) is 26.0. The van der Waals surface area contributed by atoms with Gasteiger partial charge in [0.05, 0.1) is 0 Å². The van der Waals surface area contributed by atoms with E-state index < -0.39 is 0 Å². The summed E-state index contributed by atoms with van der Waals surface area (Å²) in [6.45, 7) is 18.7. The Hall–Kier alpha value is -1.97. The topological polar surface area (TPSA) is 79.4 Å². The van der Waals surface area contributed by atoms with Crippen molar-refractivity contribution < 1.29 is 23.9 Å². The number of benzene rings is 3. The van der Waals surface area contributed by atoms with Crippen LogP contribution >= 0.6 is 0 Å². The minimum absolute atomic E-state index is 0.262. The van der Waals surface area contributed by atoms with E-state index in [9.17, 15) is 14.4 Å². The van der Waals surface area contributed by atoms with Crippen molar-refractivity contribution in [3.63, 3.8) is 0 Å². The number of nitrogens with zero attached hydrogens (tertiary/aromatic N) is 3. The zero-order chi connectivity index (χ0) is 49.0. The van der Waals surface area contributed by atoms with Crippen molar-refractivity contribution in [2.24, 2.45) is 0 Å². The van der Waals surface area contributed by atoms with E-state index in [1.165, 1.54) is 139 Å². The van der Waals surface area contributed by atoms with Gasteiger partial charge in [0.25, 0.3) is 0 Å². The number of unbranched alkanes of at least 4 members (excludes halogenated alkanes) is 9. The third kappa shape index (κ3) is 27.1. The average Bonchev–Trinajstić information content (AvgIpc) is 3.40. The molecule has 0 bridgehead atoms. The molecule has 3 fully saturated rings. The number of likely N-dealkylation sites (tertiary alicyclic amines) is 1. The van der Waals surface area contributed by atoms with Gasteiger partial charge in [-0.2, -0.15) is 0 Å². The quantitative estimate of drug-likeness (QED) is 0.0371. The number of rotatable bonds is 30. The van der Waals surface area contributed by atoms with E-state index in [2.05, 4.69) is 71.9 Å². The van der Waals surface area contributed by atoms with Gasteiger partial charge in [0.15, 0.2) is 0 Å². The van der Waals surface area contributed by atoms with Gasteiger partial charge in [-0.15, -0.1) is 0 Å². The van der Waals surface area contributed by atoms with Crippen LogP contribution in [0, 0.1) is 0 Å². The Morgan fingerprint density at radius 3 is 1.03 bits per heavy atom. The zero-order valence-electron chi connectivity index (χ0n) is 43.1. The third-order valence-corrected chi connectivity index (χ3v) is 19.9. The van der Waals surface area contributed by atoms with Crippen LogP contribution in [-0.4, -0.2) is 162 Å². The maximum atomic E-state index is 12.3. The molecule has 0 radical (unpaired) electrons. The summed E-state index contributed by atoms with van der Waals surface area (Å²) in [5, 5.41) is 3.96. The fourth-order valence-corrected chi connectivity index (χ4v) is 14.2. The Balaban J connectivity index is 0.000000226. The number of ketones is 3. The van der Waals surface area contributed by atoms with Gasteiger partial charge in [0, 0.05) is 0 Å². The first-order chi connectivity index (χ1) is 33.9. The van der Waals surface area contributed by atoms with E-state index in [1.807, 2.05) is 36.4 Å². The number of hydrogen-bond donors (Lipinski definition) is 0. The molecule has 6 rings (SSSR count). The predicted molar refractivity (Wildman–Crippen MR) is 294 cm³/mol. The number of carbonyl (C=O) groups excluding carboxylic acids is 3. The molecule has 11 heteroatoms. The van der Waals surface area contributed by atoms with E-state index in [1.54, 1.807) is 0 Å². The number of piperidine rings is 1. The van der Waals surface area contributed by atoms with Crippen LogP contribution < -0.4 is 13.4 Å². The molecule has 3 aliphatic rings. The second kappa shape index (κ2) is 38.6. The Labute approximate surface area is 438 Å². The normalized spacial score (nSPS) is 15.7. The van der Waals surface area contributed by atoms with Gasteiger partial charge >= 0.3 is 441 Å². The number of morpholine rings is 2. The fourth-order valence-electron chi connectivity index (χ4n) is 8.41. The van der Waals surface area contributed by atoms with Crippen LogP contribution in [0.1, 0.15) is 167 Å². The first-order valence-corrected chi connectivity index (χ1v) is 33.2. The van der Waals surface area contributed by atoms with Gasteiger partial charge in [0.2, 0.25) is 0 Å². The Kier molecular flexibility index (Phi) is 33.4. The summed E-state index contributed by atoms with van der Waals surface area (Å²) in [7, 11) is 0. The van der Waals surface area contributed by atoms with Gasteiger partial charge < -0.3 is 0 Å². The summed E-state index contributed by atoms with van der Waals surface area (Å²) in [5.74, 6) is 0.828. The van der Waals surface area contributed by atoms with Crippen molar-refractivity contribution in [1.29, 1.82) is 0 Å². The van der Waals surface area contributed by atoms with E-state index in [4.69, 9.17) is 9.47 Å². The number of hydrogen-bond acceptors (Lipinski definition) is 8. The Bertz CT molecular complexity index is 1780. The summed E-state index contributed by atoms with van der Waals surface area (Å²) >= 11 is 1.69. The number of Topliss-reactive ketones (excluding diaryl/α,β-unsaturated/α-hetero) is 3. The first kappa shape index (κ1) is 59.6. The zero-order valence-corrected chi connectivity index (χ0v) is 48.2. The van der Waals surface area contributed by atoms with Crippen LogP contribution in [0.15, 0.2) is 72.8 Å². The van der Waals surface area contributed by atoms with Gasteiger partial charge in [-0.3, -0.25) is 0 Å². The standard InChI is InChI=1S/C20H31NO2Se.C19H29NO2Se.C19H29NOSe/c1-2-3-4-5-6-17-24-19-9-7-18(8-10-19)20(22)11-12-21-13-15-23-16-14-21;1-2-3-4-5-16-23-18-8-6-17(7-9-18)19(21)10-11-20-12-14-22-15-13-20;1-2-3-7-16-22-18-10-8-17(9-11-18)19(21)12-15-20-13-5-4-6-14-20/h7-10H,2-6,11-17H2,1H3;6-9H,2-5,10-16H2,1H3;8-11H,2-7,12-16H2,1H3. The van der Waals surface area contributed by atoms with Crippen LogP contribution in [-0.2, 0) is 9.47 Å². The summed E-state index contributed by atoms with van der Waals surface area (Å²) in [6.07, 6.45) is 21.9. The van der Waals surface area contributed by atoms with Crippen LogP contribution in [0.25, 0.3) is 0 Å². The molecule has 384 valence electrons. The molecule has 69 heavy (non-hydrogen) atoms. The molecule has 0 N–H and O–H groups in total. The van der Waals surface area contributed by atoms with Crippen molar-refractivity contribution in [3.05, 3.63) is 89.5 Å². The van der Waals surface area contributed by atoms with E-state index >= 15 is 0 Å². The van der Waals surface area contributed by atoms with Crippen molar-refractivity contribution in [3.8, 4) is 0 Å². The molecule has 0 aromatic heterocycles. The van der Waals surface area contributed by atoms with Crippen LogP contribution in [0.2, 0.25) is 16.0 Å². The van der Waals surface area contributed by atoms with Crippen molar-refractivity contribution in [2.75, 3.05) is 85.3 Å². The van der Waals surface area contributed by atoms with Gasteiger partial charge in [-0.05, 0) is 0 Å². The van der Waals surface area contributed by atoms with Crippen LogP contribution in [0.4, 0.5) is 0 Å². The molecule has 0 aliphatic carbocycles. The molecule has 3 aromatic carbocycles. The second-order valence-electron chi connectivity index (χ2n) is 18.6. The van der Waals surface area contributed by atoms with Crippen molar-refractivity contribution in [2.45, 2.75) is 152 Å². The fraction of sp³-hybridized carbons (Fsp3) is 0.638. The molecular formula is C58H89N3O5Se3. The maximum absolute atomic E-state index is 12.3. The molecule has 8 nitrogen and oxygen atoms in total. The summed E-state index contributed by atoms with van der Waals surface area (Å²) in [4.78, 5) is 43.9. The van der Waals surface area contributed by atoms with Crippen LogP contribution in [0.5, 0.6) is 0 Å². The molecule has 3 saturated heterocycles. The first-order valence-electron chi connectivity index (χ1n) is 27.0. The molecule has 0 unspecified atom stereocenters.